The van der Waals surface area contributed by atoms with Crippen LogP contribution in [0, 0.1) is 0 Å². The van der Waals surface area contributed by atoms with E-state index >= 15 is 0 Å². The number of nitrogens with two attached hydrogens (primary N) is 1. The van der Waals surface area contributed by atoms with Crippen molar-refractivity contribution in [1.29, 1.82) is 0 Å². The van der Waals surface area contributed by atoms with Crippen molar-refractivity contribution in [3.05, 3.63) is 22.8 Å². The molecule has 0 aliphatic heterocycles. The number of pyridine rings is 1. The van der Waals surface area contributed by atoms with Crippen LogP contribution in [0.5, 0.6) is 0 Å². The molecule has 1 heterocycles. The Balaban J connectivity index is 2.65. The van der Waals surface area contributed by atoms with Crippen molar-refractivity contribution in [3.63, 3.8) is 0 Å². The Kier molecular flexibility index (Phi) is 3.99. The second-order valence-corrected chi connectivity index (χ2v) is 3.44. The minimum atomic E-state index is -0.921. The third-order valence-corrected chi connectivity index (χ3v) is 1.94. The Morgan fingerprint density at radius 2 is 2.43 bits per heavy atom. The third-order valence-electron chi connectivity index (χ3n) is 1.50. The number of carbonyl (C=O) groups is 1. The fourth-order valence-electron chi connectivity index (χ4n) is 0.780. The van der Waals surface area contributed by atoms with Crippen LogP contribution >= 0.6 is 15.9 Å². The Morgan fingerprint density at radius 3 is 3.00 bits per heavy atom. The number of aliphatic hydroxyl groups is 1. The molecule has 0 saturated carbocycles. The number of carbonyl (C=O) groups excluding carboxylic acids is 1. The molecule has 0 radical (unpaired) electrons. The molecule has 1 unspecified atom stereocenters. The van der Waals surface area contributed by atoms with Crippen LogP contribution in [-0.2, 0) is 4.79 Å². The number of nitrogens with zero attached hydrogens (tertiary/aromatic N) is 1. The van der Waals surface area contributed by atoms with Gasteiger partial charge in [-0.3, -0.25) is 4.79 Å². The van der Waals surface area contributed by atoms with E-state index in [1.54, 1.807) is 18.2 Å². The number of rotatable bonds is 3. The third kappa shape index (κ3) is 3.06. The van der Waals surface area contributed by atoms with Gasteiger partial charge in [0.1, 0.15) is 16.5 Å². The van der Waals surface area contributed by atoms with Crippen molar-refractivity contribution in [2.75, 3.05) is 11.9 Å². The molecule has 0 spiro atoms. The maximum absolute atomic E-state index is 11.2. The van der Waals surface area contributed by atoms with Gasteiger partial charge < -0.3 is 16.2 Å². The summed E-state index contributed by atoms with van der Waals surface area (Å²) in [5, 5.41) is 11.1. The van der Waals surface area contributed by atoms with Gasteiger partial charge in [0, 0.05) is 0 Å². The lowest BCUT2D eigenvalue weighted by Crippen LogP contribution is -2.38. The van der Waals surface area contributed by atoms with Gasteiger partial charge in [-0.25, -0.2) is 4.98 Å². The molecule has 1 aromatic heterocycles. The topological polar surface area (TPSA) is 88.2 Å². The number of aliphatic hydroxyl groups excluding tert-OH is 1. The maximum atomic E-state index is 11.2. The van der Waals surface area contributed by atoms with Gasteiger partial charge in [0.15, 0.2) is 0 Å². The molecule has 0 bridgehead atoms. The van der Waals surface area contributed by atoms with Crippen LogP contribution in [0.25, 0.3) is 0 Å². The van der Waals surface area contributed by atoms with E-state index < -0.39 is 11.9 Å². The molecule has 76 valence electrons. The number of nitrogens with one attached hydrogen (secondary N) is 1. The first-order chi connectivity index (χ1) is 6.63. The van der Waals surface area contributed by atoms with Gasteiger partial charge in [0.25, 0.3) is 0 Å². The number of amides is 1. The highest BCUT2D eigenvalue weighted by atomic mass is 79.9. The van der Waals surface area contributed by atoms with Crippen LogP contribution in [0.4, 0.5) is 5.82 Å². The number of aromatic nitrogens is 1. The summed E-state index contributed by atoms with van der Waals surface area (Å²) >= 11 is 3.16. The highest BCUT2D eigenvalue weighted by Gasteiger charge is 2.12. The van der Waals surface area contributed by atoms with Gasteiger partial charge in [-0.2, -0.15) is 0 Å². The molecule has 0 saturated heterocycles. The molecular formula is C8H10BrN3O2. The number of halogens is 1. The number of hydrogen-bond donors (Lipinski definition) is 3. The summed E-state index contributed by atoms with van der Waals surface area (Å²) in [6.45, 7) is -0.389. The molecule has 5 nitrogen and oxygen atoms in total. The largest absolute Gasteiger partial charge is 0.394 e. The van der Waals surface area contributed by atoms with Crippen molar-refractivity contribution in [2.45, 2.75) is 6.04 Å². The van der Waals surface area contributed by atoms with Crippen LogP contribution in [0.15, 0.2) is 22.8 Å². The second kappa shape index (κ2) is 5.04. The Hall–Kier alpha value is -0.980. The minimum absolute atomic E-state index is 0.389. The van der Waals surface area contributed by atoms with E-state index in [2.05, 4.69) is 26.2 Å². The van der Waals surface area contributed by atoms with Crippen molar-refractivity contribution < 1.29 is 9.90 Å². The summed E-state index contributed by atoms with van der Waals surface area (Å²) in [5.41, 5.74) is 5.30. The van der Waals surface area contributed by atoms with Crippen molar-refractivity contribution in [2.24, 2.45) is 5.73 Å². The van der Waals surface area contributed by atoms with E-state index in [1.165, 1.54) is 0 Å². The normalized spacial score (nSPS) is 12.2. The molecule has 6 heteroatoms. The molecular weight excluding hydrogens is 250 g/mol. The standard InChI is InChI=1S/C8H10BrN3O2/c9-6-2-1-3-7(11-6)12-8(14)5(10)4-13/h1-3,5,13H,4,10H2,(H,11,12,14). The first-order valence-electron chi connectivity index (χ1n) is 3.93. The monoisotopic (exact) mass is 259 g/mol. The Bertz CT molecular complexity index is 332. The van der Waals surface area contributed by atoms with Gasteiger partial charge in [0.2, 0.25) is 5.91 Å². The first-order valence-corrected chi connectivity index (χ1v) is 4.72. The zero-order chi connectivity index (χ0) is 10.6. The highest BCUT2D eigenvalue weighted by Crippen LogP contribution is 2.09. The Labute approximate surface area is 89.5 Å². The predicted octanol–water partition coefficient (Wildman–Crippen LogP) is 0.102. The second-order valence-electron chi connectivity index (χ2n) is 2.62. The van der Waals surface area contributed by atoms with Crippen molar-refractivity contribution >= 4 is 27.7 Å². The lowest BCUT2D eigenvalue weighted by molar-refractivity contribution is -0.118. The number of hydrogen-bond acceptors (Lipinski definition) is 4. The lowest BCUT2D eigenvalue weighted by atomic mass is 10.3. The quantitative estimate of drug-likeness (QED) is 0.672. The summed E-state index contributed by atoms with van der Waals surface area (Å²) in [5.74, 6) is -0.0635. The van der Waals surface area contributed by atoms with E-state index in [-0.39, 0.29) is 6.61 Å². The van der Waals surface area contributed by atoms with E-state index in [4.69, 9.17) is 10.8 Å². The Morgan fingerprint density at radius 1 is 1.71 bits per heavy atom. The fraction of sp³-hybridized carbons (Fsp3) is 0.250. The fourth-order valence-corrected chi connectivity index (χ4v) is 1.12. The molecule has 4 N–H and O–H groups in total. The predicted molar refractivity (Wildman–Crippen MR) is 55.6 cm³/mol. The van der Waals surface area contributed by atoms with Crippen LogP contribution in [0.3, 0.4) is 0 Å². The average molecular weight is 260 g/mol. The van der Waals surface area contributed by atoms with Crippen LogP contribution in [-0.4, -0.2) is 28.6 Å². The van der Waals surface area contributed by atoms with E-state index in [0.29, 0.717) is 10.4 Å². The van der Waals surface area contributed by atoms with Gasteiger partial charge >= 0.3 is 0 Å². The minimum Gasteiger partial charge on any atom is -0.394 e. The first kappa shape index (κ1) is 11.1. The molecule has 0 aliphatic rings. The zero-order valence-corrected chi connectivity index (χ0v) is 8.86. The van der Waals surface area contributed by atoms with Crippen molar-refractivity contribution in [3.8, 4) is 0 Å². The smallest absolute Gasteiger partial charge is 0.244 e. The highest BCUT2D eigenvalue weighted by molar-refractivity contribution is 9.10. The molecule has 1 aromatic rings. The van der Waals surface area contributed by atoms with Crippen LogP contribution < -0.4 is 11.1 Å². The molecule has 14 heavy (non-hydrogen) atoms. The van der Waals surface area contributed by atoms with E-state index in [9.17, 15) is 4.79 Å². The van der Waals surface area contributed by atoms with Gasteiger partial charge in [0.05, 0.1) is 6.61 Å². The summed E-state index contributed by atoms with van der Waals surface area (Å²) < 4.78 is 0.618. The van der Waals surface area contributed by atoms with Crippen LogP contribution in [0.1, 0.15) is 0 Å². The van der Waals surface area contributed by atoms with Gasteiger partial charge in [-0.15, -0.1) is 0 Å². The zero-order valence-electron chi connectivity index (χ0n) is 7.27. The number of anilines is 1. The summed E-state index contributed by atoms with van der Waals surface area (Å²) in [6.07, 6.45) is 0. The van der Waals surface area contributed by atoms with Crippen LogP contribution in [0.2, 0.25) is 0 Å². The molecule has 0 aliphatic carbocycles. The summed E-state index contributed by atoms with van der Waals surface area (Å²) in [4.78, 5) is 15.2. The average Bonchev–Trinajstić information content (AvgIpc) is 2.16. The molecule has 1 atom stereocenters. The lowest BCUT2D eigenvalue weighted by Gasteiger charge is -2.08. The molecule has 0 aromatic carbocycles. The molecule has 0 fully saturated rings. The van der Waals surface area contributed by atoms with E-state index in [0.717, 1.165) is 0 Å². The molecule has 1 amide bonds. The maximum Gasteiger partial charge on any atom is 0.244 e. The molecule has 1 rings (SSSR count). The van der Waals surface area contributed by atoms with Gasteiger partial charge in [-0.1, -0.05) is 6.07 Å². The van der Waals surface area contributed by atoms with Crippen molar-refractivity contribution in [1.82, 2.24) is 4.98 Å². The van der Waals surface area contributed by atoms with Gasteiger partial charge in [-0.05, 0) is 28.1 Å². The SMILES string of the molecule is NC(CO)C(=O)Nc1cccc(Br)n1. The summed E-state index contributed by atoms with van der Waals surface area (Å²) in [6, 6.07) is 4.18. The van der Waals surface area contributed by atoms with E-state index in [1.807, 2.05) is 0 Å². The summed E-state index contributed by atoms with van der Waals surface area (Å²) in [7, 11) is 0.